The number of amides is 2. The van der Waals surface area contributed by atoms with Crippen LogP contribution in [0.4, 0.5) is 0 Å². The highest BCUT2D eigenvalue weighted by Gasteiger charge is 2.33. The Labute approximate surface area is 216 Å². The van der Waals surface area contributed by atoms with Gasteiger partial charge < -0.3 is 15.4 Å². The van der Waals surface area contributed by atoms with E-state index in [1.807, 2.05) is 19.9 Å². The topological polar surface area (TPSA) is 105 Å². The summed E-state index contributed by atoms with van der Waals surface area (Å²) in [6, 6.07) is 12.2. The second kappa shape index (κ2) is 12.2. The molecule has 1 saturated heterocycles. The summed E-state index contributed by atoms with van der Waals surface area (Å²) in [5, 5.41) is 6.01. The van der Waals surface area contributed by atoms with Crippen molar-refractivity contribution in [2.24, 2.45) is 5.92 Å². The van der Waals surface area contributed by atoms with Gasteiger partial charge in [-0.05, 0) is 36.2 Å². The van der Waals surface area contributed by atoms with Crippen LogP contribution in [0.25, 0.3) is 0 Å². The van der Waals surface area contributed by atoms with Gasteiger partial charge >= 0.3 is 0 Å². The Morgan fingerprint density at radius 2 is 1.89 bits per heavy atom. The minimum absolute atomic E-state index is 0.0336. The van der Waals surface area contributed by atoms with E-state index in [1.54, 1.807) is 24.3 Å². The van der Waals surface area contributed by atoms with Crippen molar-refractivity contribution in [3.8, 4) is 0 Å². The molecule has 2 aromatic rings. The Kier molecular flexibility index (Phi) is 9.54. The average Bonchev–Trinajstić information content (AvgIpc) is 2.85. The van der Waals surface area contributed by atoms with Gasteiger partial charge in [-0.1, -0.05) is 61.7 Å². The average molecular weight is 542 g/mol. The van der Waals surface area contributed by atoms with E-state index < -0.39 is 22.2 Å². The predicted octanol–water partition coefficient (Wildman–Crippen LogP) is 3.34. The van der Waals surface area contributed by atoms with Gasteiger partial charge in [0.05, 0.1) is 17.7 Å². The summed E-state index contributed by atoms with van der Waals surface area (Å²) in [6.45, 7) is 4.30. The van der Waals surface area contributed by atoms with Crippen LogP contribution in [0.15, 0.2) is 53.4 Å². The molecule has 1 unspecified atom stereocenters. The monoisotopic (exact) mass is 541 g/mol. The second-order valence-electron chi connectivity index (χ2n) is 8.38. The first-order valence-corrected chi connectivity index (χ1v) is 13.5. The fraction of sp³-hybridized carbons (Fsp3) is 0.417. The van der Waals surface area contributed by atoms with E-state index in [0.29, 0.717) is 17.0 Å². The summed E-state index contributed by atoms with van der Waals surface area (Å²) >= 11 is 12.0. The minimum atomic E-state index is -3.87. The van der Waals surface area contributed by atoms with E-state index in [4.69, 9.17) is 27.9 Å². The summed E-state index contributed by atoms with van der Waals surface area (Å²) in [7, 11) is -3.87. The van der Waals surface area contributed by atoms with Crippen LogP contribution >= 0.6 is 23.2 Å². The summed E-state index contributed by atoms with van der Waals surface area (Å²) < 4.78 is 33.2. The third-order valence-electron chi connectivity index (χ3n) is 5.94. The molecule has 1 heterocycles. The van der Waals surface area contributed by atoms with E-state index in [0.717, 1.165) is 0 Å². The van der Waals surface area contributed by atoms with Crippen LogP contribution in [0, 0.1) is 5.92 Å². The molecule has 0 bridgehead atoms. The summed E-state index contributed by atoms with van der Waals surface area (Å²) in [4.78, 5) is 25.6. The van der Waals surface area contributed by atoms with E-state index in [2.05, 4.69) is 10.6 Å². The summed E-state index contributed by atoms with van der Waals surface area (Å²) in [5.41, 5.74) is 0.464. The van der Waals surface area contributed by atoms with Gasteiger partial charge in [0.15, 0.2) is 0 Å². The van der Waals surface area contributed by atoms with E-state index in [1.165, 1.54) is 22.5 Å². The van der Waals surface area contributed by atoms with Gasteiger partial charge in [0.2, 0.25) is 15.9 Å². The van der Waals surface area contributed by atoms with E-state index >= 15 is 0 Å². The number of hydrogen-bond acceptors (Lipinski definition) is 5. The third-order valence-corrected chi connectivity index (χ3v) is 8.52. The van der Waals surface area contributed by atoms with Crippen LogP contribution < -0.4 is 10.6 Å². The molecule has 3 rings (SSSR count). The molecule has 1 fully saturated rings. The summed E-state index contributed by atoms with van der Waals surface area (Å²) in [5.74, 6) is -0.802. The maximum absolute atomic E-state index is 13.1. The SMILES string of the molecule is CC[C@H](C)[C@H](NC(=O)c1ccccc1)C(=O)NCC1CN(S(=O)(=O)c2ccc(Cl)cc2Cl)CCO1. The molecule has 0 radical (unpaired) electrons. The molecule has 1 aliphatic heterocycles. The van der Waals surface area contributed by atoms with Crippen LogP contribution in [0.1, 0.15) is 30.6 Å². The first-order valence-electron chi connectivity index (χ1n) is 11.3. The molecular formula is C24H29Cl2N3O5S. The lowest BCUT2D eigenvalue weighted by atomic mass is 9.97. The lowest BCUT2D eigenvalue weighted by molar-refractivity contribution is -0.125. The van der Waals surface area contributed by atoms with Gasteiger partial charge in [-0.25, -0.2) is 8.42 Å². The number of morpholine rings is 1. The maximum Gasteiger partial charge on any atom is 0.251 e. The molecule has 0 saturated carbocycles. The zero-order chi connectivity index (χ0) is 25.6. The Morgan fingerprint density at radius 3 is 2.54 bits per heavy atom. The Hall–Kier alpha value is -2.17. The Bertz CT molecular complexity index is 1150. The zero-order valence-electron chi connectivity index (χ0n) is 19.5. The van der Waals surface area contributed by atoms with Crippen molar-refractivity contribution >= 4 is 45.0 Å². The Morgan fingerprint density at radius 1 is 1.17 bits per heavy atom. The molecule has 35 heavy (non-hydrogen) atoms. The van der Waals surface area contributed by atoms with Gasteiger partial charge in [0.25, 0.3) is 5.91 Å². The molecule has 8 nitrogen and oxygen atoms in total. The van der Waals surface area contributed by atoms with Crippen molar-refractivity contribution in [2.45, 2.75) is 37.3 Å². The van der Waals surface area contributed by atoms with Crippen LogP contribution in [0.3, 0.4) is 0 Å². The molecule has 11 heteroatoms. The van der Waals surface area contributed by atoms with Gasteiger partial charge in [-0.2, -0.15) is 4.31 Å². The molecule has 2 aromatic carbocycles. The van der Waals surface area contributed by atoms with Gasteiger partial charge in [0, 0.05) is 30.2 Å². The fourth-order valence-corrected chi connectivity index (χ4v) is 5.90. The number of hydrogen-bond donors (Lipinski definition) is 2. The number of nitrogens with one attached hydrogen (secondary N) is 2. The molecule has 2 N–H and O–H groups in total. The third kappa shape index (κ3) is 6.95. The van der Waals surface area contributed by atoms with Gasteiger partial charge in [-0.15, -0.1) is 0 Å². The van der Waals surface area contributed by atoms with Crippen molar-refractivity contribution in [2.75, 3.05) is 26.2 Å². The van der Waals surface area contributed by atoms with E-state index in [9.17, 15) is 18.0 Å². The lowest BCUT2D eigenvalue weighted by Gasteiger charge is -2.33. The number of sulfonamides is 1. The molecule has 0 spiro atoms. The first-order chi connectivity index (χ1) is 16.6. The quantitative estimate of drug-likeness (QED) is 0.506. The number of carbonyl (C=O) groups excluding carboxylic acids is 2. The van der Waals surface area contributed by atoms with Crippen molar-refractivity contribution < 1.29 is 22.7 Å². The smallest absolute Gasteiger partial charge is 0.251 e. The van der Waals surface area contributed by atoms with Crippen LogP contribution in [-0.2, 0) is 19.6 Å². The largest absolute Gasteiger partial charge is 0.374 e. The lowest BCUT2D eigenvalue weighted by Crippen LogP contribution is -2.54. The molecule has 3 atom stereocenters. The highest BCUT2D eigenvalue weighted by molar-refractivity contribution is 7.89. The standard InChI is InChI=1S/C24H29Cl2N3O5S/c1-3-16(2)22(28-23(30)17-7-5-4-6-8-17)24(31)27-14-19-15-29(11-12-34-19)35(32,33)21-10-9-18(25)13-20(21)26/h4-10,13,16,19,22H,3,11-12,14-15H2,1-2H3,(H,27,31)(H,28,30)/t16-,19?,22-/m0/s1. The van der Waals surface area contributed by atoms with E-state index in [-0.39, 0.29) is 53.9 Å². The van der Waals surface area contributed by atoms with Crippen LogP contribution in [-0.4, -0.2) is 62.9 Å². The number of rotatable bonds is 9. The van der Waals surface area contributed by atoms with Crippen molar-refractivity contribution in [1.29, 1.82) is 0 Å². The minimum Gasteiger partial charge on any atom is -0.374 e. The molecule has 0 aliphatic carbocycles. The van der Waals surface area contributed by atoms with Gasteiger partial charge in [-0.3, -0.25) is 9.59 Å². The molecule has 190 valence electrons. The molecular weight excluding hydrogens is 513 g/mol. The number of nitrogens with zero attached hydrogens (tertiary/aromatic N) is 1. The van der Waals surface area contributed by atoms with Crippen LogP contribution in [0.2, 0.25) is 10.0 Å². The molecule has 2 amide bonds. The number of ether oxygens (including phenoxy) is 1. The highest BCUT2D eigenvalue weighted by Crippen LogP contribution is 2.28. The van der Waals surface area contributed by atoms with Crippen molar-refractivity contribution in [1.82, 2.24) is 14.9 Å². The molecule has 0 aromatic heterocycles. The normalized spacial score (nSPS) is 18.5. The summed E-state index contributed by atoms with van der Waals surface area (Å²) in [6.07, 6.45) is 0.122. The molecule has 1 aliphatic rings. The van der Waals surface area contributed by atoms with Crippen molar-refractivity contribution in [3.63, 3.8) is 0 Å². The number of halogens is 2. The zero-order valence-corrected chi connectivity index (χ0v) is 21.9. The Balaban J connectivity index is 1.63. The van der Waals surface area contributed by atoms with Gasteiger partial charge in [0.1, 0.15) is 10.9 Å². The second-order valence-corrected chi connectivity index (χ2v) is 11.1. The first kappa shape index (κ1) is 27.4. The van der Waals surface area contributed by atoms with Crippen molar-refractivity contribution in [3.05, 3.63) is 64.1 Å². The number of carbonyl (C=O) groups is 2. The van der Waals surface area contributed by atoms with Crippen LogP contribution in [0.5, 0.6) is 0 Å². The number of benzene rings is 2. The fourth-order valence-electron chi connectivity index (χ4n) is 3.70. The highest BCUT2D eigenvalue weighted by atomic mass is 35.5. The predicted molar refractivity (Wildman–Crippen MR) is 135 cm³/mol. The maximum atomic E-state index is 13.1.